The Bertz CT molecular complexity index is 458. The molecule has 0 bridgehead atoms. The average molecular weight is 272 g/mol. The predicted molar refractivity (Wildman–Crippen MR) is 60.9 cm³/mol. The van der Waals surface area contributed by atoms with E-state index in [0.29, 0.717) is 6.61 Å². The summed E-state index contributed by atoms with van der Waals surface area (Å²) in [6.45, 7) is -0.0733. The van der Waals surface area contributed by atoms with E-state index in [2.05, 4.69) is 0 Å². The minimum Gasteiger partial charge on any atom is -0.351 e. The lowest BCUT2D eigenvalue weighted by molar-refractivity contribution is -0.164. The third-order valence-corrected chi connectivity index (χ3v) is 1.91. The minimum atomic E-state index is -4.92. The molecule has 102 valence electrons. The first-order valence-electron chi connectivity index (χ1n) is 5.29. The Morgan fingerprint density at radius 2 is 1.84 bits per heavy atom. The van der Waals surface area contributed by atoms with Crippen molar-refractivity contribution in [2.45, 2.75) is 12.8 Å². The van der Waals surface area contributed by atoms with E-state index in [-0.39, 0.29) is 13.4 Å². The van der Waals surface area contributed by atoms with Crippen LogP contribution in [0.25, 0.3) is 0 Å². The van der Waals surface area contributed by atoms with Gasteiger partial charge < -0.3 is 9.47 Å². The largest absolute Gasteiger partial charge is 0.462 e. The minimum absolute atomic E-state index is 0.107. The van der Waals surface area contributed by atoms with Crippen molar-refractivity contribution in [2.24, 2.45) is 0 Å². The molecule has 19 heavy (non-hydrogen) atoms. The lowest BCUT2D eigenvalue weighted by atomic mass is 10.2. The Morgan fingerprint density at radius 1 is 1.16 bits per heavy atom. The van der Waals surface area contributed by atoms with Crippen LogP contribution in [0, 0.1) is 11.8 Å². The van der Waals surface area contributed by atoms with E-state index in [1.54, 1.807) is 0 Å². The molecule has 0 aliphatic heterocycles. The molecule has 0 amide bonds. The zero-order valence-electron chi connectivity index (χ0n) is 9.87. The maximum atomic E-state index is 11.7. The van der Waals surface area contributed by atoms with E-state index in [1.165, 1.54) is 5.92 Å². The molecular weight excluding hydrogens is 261 g/mol. The second-order valence-electron chi connectivity index (χ2n) is 3.43. The van der Waals surface area contributed by atoms with Gasteiger partial charge >= 0.3 is 12.0 Å². The zero-order chi connectivity index (χ0) is 14.1. The van der Waals surface area contributed by atoms with Gasteiger partial charge in [0.15, 0.2) is 0 Å². The third kappa shape index (κ3) is 6.60. The van der Waals surface area contributed by atoms with E-state index in [9.17, 15) is 18.0 Å². The number of carbonyl (C=O) groups excluding carboxylic acids is 1. The number of Topliss-reactive ketones (excluding diaryl/α,β-unsaturated/α-hetero) is 1. The highest BCUT2D eigenvalue weighted by molar-refractivity contribution is 5.99. The van der Waals surface area contributed by atoms with Gasteiger partial charge in [0, 0.05) is 0 Å². The summed E-state index contributed by atoms with van der Waals surface area (Å²) < 4.78 is 45.1. The lowest BCUT2D eigenvalue weighted by Crippen LogP contribution is -2.20. The molecular formula is C13H11F3O3. The lowest BCUT2D eigenvalue weighted by Gasteiger charge is -2.03. The quantitative estimate of drug-likeness (QED) is 0.357. The van der Waals surface area contributed by atoms with Crippen molar-refractivity contribution in [1.29, 1.82) is 0 Å². The molecule has 0 aliphatic carbocycles. The third-order valence-electron chi connectivity index (χ3n) is 1.91. The Hall–Kier alpha value is -1.84. The van der Waals surface area contributed by atoms with Gasteiger partial charge in [-0.15, -0.1) is 0 Å². The maximum Gasteiger partial charge on any atom is 0.462 e. The zero-order valence-corrected chi connectivity index (χ0v) is 9.87. The summed E-state index contributed by atoms with van der Waals surface area (Å²) in [5, 5.41) is 0. The average Bonchev–Trinajstić information content (AvgIpc) is 2.37. The highest BCUT2D eigenvalue weighted by atomic mass is 19.4. The van der Waals surface area contributed by atoms with Gasteiger partial charge in [-0.3, -0.25) is 4.79 Å². The molecule has 0 spiro atoms. The van der Waals surface area contributed by atoms with Crippen LogP contribution in [0.4, 0.5) is 13.2 Å². The molecule has 0 fully saturated rings. The topological polar surface area (TPSA) is 35.5 Å². The van der Waals surface area contributed by atoms with Crippen LogP contribution in [0.2, 0.25) is 0 Å². The smallest absolute Gasteiger partial charge is 0.351 e. The van der Waals surface area contributed by atoms with Crippen LogP contribution in [-0.4, -0.2) is 25.4 Å². The van der Waals surface area contributed by atoms with E-state index in [0.717, 1.165) is 5.56 Å². The van der Waals surface area contributed by atoms with Crippen LogP contribution >= 0.6 is 0 Å². The van der Waals surface area contributed by atoms with Gasteiger partial charge in [-0.2, -0.15) is 13.2 Å². The molecule has 1 aromatic carbocycles. The molecule has 0 saturated heterocycles. The monoisotopic (exact) mass is 272 g/mol. The fourth-order valence-electron chi connectivity index (χ4n) is 1.07. The number of ketones is 1. The number of ether oxygens (including phenoxy) is 2. The molecule has 1 aromatic rings. The van der Waals surface area contributed by atoms with Gasteiger partial charge in [-0.25, -0.2) is 0 Å². The van der Waals surface area contributed by atoms with E-state index < -0.39 is 12.0 Å². The van der Waals surface area contributed by atoms with Gasteiger partial charge in [0.2, 0.25) is 0 Å². The summed E-state index contributed by atoms with van der Waals surface area (Å²) in [4.78, 5) is 10.4. The fourth-order valence-corrected chi connectivity index (χ4v) is 1.07. The Kier molecular flexibility index (Phi) is 6.06. The molecule has 3 nitrogen and oxygen atoms in total. The summed E-state index contributed by atoms with van der Waals surface area (Å²) in [6, 6.07) is 9.30. The predicted octanol–water partition coefficient (Wildman–Crippen LogP) is 2.31. The molecule has 0 atom stereocenters. The highest BCUT2D eigenvalue weighted by Gasteiger charge is 2.36. The Labute approximate surface area is 108 Å². The first kappa shape index (κ1) is 15.2. The van der Waals surface area contributed by atoms with Crippen molar-refractivity contribution in [1.82, 2.24) is 0 Å². The van der Waals surface area contributed by atoms with Gasteiger partial charge in [-0.1, -0.05) is 36.3 Å². The molecule has 0 unspecified atom stereocenters. The second-order valence-corrected chi connectivity index (χ2v) is 3.43. The first-order valence-corrected chi connectivity index (χ1v) is 5.29. The van der Waals surface area contributed by atoms with E-state index in [4.69, 9.17) is 9.47 Å². The number of hydrogen-bond donors (Lipinski definition) is 0. The Morgan fingerprint density at radius 3 is 2.47 bits per heavy atom. The second kappa shape index (κ2) is 7.56. The number of hydrogen-bond acceptors (Lipinski definition) is 3. The van der Waals surface area contributed by atoms with Crippen LogP contribution < -0.4 is 0 Å². The summed E-state index contributed by atoms with van der Waals surface area (Å²) in [6.07, 6.45) is -4.92. The molecule has 0 radical (unpaired) electrons. The van der Waals surface area contributed by atoms with Crippen molar-refractivity contribution in [3.05, 3.63) is 35.9 Å². The van der Waals surface area contributed by atoms with Crippen LogP contribution in [0.1, 0.15) is 5.56 Å². The van der Waals surface area contributed by atoms with Crippen LogP contribution in [0.15, 0.2) is 30.3 Å². The number of rotatable bonds is 5. The first-order chi connectivity index (χ1) is 9.00. The van der Waals surface area contributed by atoms with Crippen LogP contribution in [-0.2, 0) is 20.9 Å². The van der Waals surface area contributed by atoms with Crippen molar-refractivity contribution >= 4 is 5.78 Å². The Balaban J connectivity index is 2.12. The summed E-state index contributed by atoms with van der Waals surface area (Å²) in [5.74, 6) is 1.32. The van der Waals surface area contributed by atoms with E-state index in [1.807, 2.05) is 36.3 Å². The molecule has 0 heterocycles. The van der Waals surface area contributed by atoms with Crippen LogP contribution in [0.3, 0.4) is 0 Å². The number of carbonyl (C=O) groups is 1. The van der Waals surface area contributed by atoms with Crippen LogP contribution in [0.5, 0.6) is 0 Å². The molecule has 0 aliphatic rings. The number of halogens is 3. The maximum absolute atomic E-state index is 11.7. The highest BCUT2D eigenvalue weighted by Crippen LogP contribution is 2.14. The number of benzene rings is 1. The van der Waals surface area contributed by atoms with Crippen molar-refractivity contribution in [3.63, 3.8) is 0 Å². The summed E-state index contributed by atoms with van der Waals surface area (Å²) in [7, 11) is 0. The molecule has 0 saturated carbocycles. The standard InChI is InChI=1S/C13H11F3O3/c14-13(15,16)12(17)7-4-8-18-10-19-9-11-5-2-1-3-6-11/h1-3,5-6H,8-10H2. The molecule has 6 heteroatoms. The summed E-state index contributed by atoms with van der Waals surface area (Å²) >= 11 is 0. The SMILES string of the molecule is O=C(C#CCOCOCc1ccccc1)C(F)(F)F. The van der Waals surface area contributed by atoms with E-state index >= 15 is 0 Å². The van der Waals surface area contributed by atoms with Crippen molar-refractivity contribution in [2.75, 3.05) is 13.4 Å². The van der Waals surface area contributed by atoms with Gasteiger partial charge in [0.25, 0.3) is 0 Å². The summed E-state index contributed by atoms with van der Waals surface area (Å²) in [5.41, 5.74) is 0.949. The van der Waals surface area contributed by atoms with Crippen molar-refractivity contribution in [3.8, 4) is 11.8 Å². The normalized spacial score (nSPS) is 10.7. The molecule has 1 rings (SSSR count). The number of alkyl halides is 3. The van der Waals surface area contributed by atoms with Gasteiger partial charge in [0.05, 0.1) is 6.61 Å². The van der Waals surface area contributed by atoms with Gasteiger partial charge in [-0.05, 0) is 11.5 Å². The molecule has 0 N–H and O–H groups in total. The fraction of sp³-hybridized carbons (Fsp3) is 0.308. The molecule has 0 aromatic heterocycles. The van der Waals surface area contributed by atoms with Crippen molar-refractivity contribution < 1.29 is 27.4 Å². The van der Waals surface area contributed by atoms with Gasteiger partial charge in [0.1, 0.15) is 13.4 Å².